The molecule has 0 aromatic rings. The van der Waals surface area contributed by atoms with Gasteiger partial charge in [-0.05, 0) is 32.7 Å². The van der Waals surface area contributed by atoms with Crippen molar-refractivity contribution < 1.29 is 9.90 Å². The minimum absolute atomic E-state index is 0.0549. The molecule has 1 fully saturated rings. The fourth-order valence-electron chi connectivity index (χ4n) is 1.91. The van der Waals surface area contributed by atoms with E-state index in [9.17, 15) is 9.90 Å². The van der Waals surface area contributed by atoms with Crippen molar-refractivity contribution in [2.45, 2.75) is 39.3 Å². The lowest BCUT2D eigenvalue weighted by Gasteiger charge is -2.37. The highest BCUT2D eigenvalue weighted by atomic mass is 16.3. The maximum Gasteiger partial charge on any atom is 0.237 e. The molecule has 4 heteroatoms. The van der Waals surface area contributed by atoms with Gasteiger partial charge in [-0.1, -0.05) is 6.92 Å². The van der Waals surface area contributed by atoms with Crippen LogP contribution in [0.15, 0.2) is 0 Å². The predicted molar refractivity (Wildman–Crippen MR) is 59.5 cm³/mol. The molecular formula is C11H22N2O2. The smallest absolute Gasteiger partial charge is 0.237 e. The second-order valence-electron chi connectivity index (χ2n) is 4.40. The monoisotopic (exact) mass is 214 g/mol. The number of hydrogen-bond acceptors (Lipinski definition) is 3. The Hall–Kier alpha value is -0.610. The summed E-state index contributed by atoms with van der Waals surface area (Å²) < 4.78 is 0. The minimum Gasteiger partial charge on any atom is -0.392 e. The molecule has 0 spiro atoms. The predicted octanol–water partition coefficient (Wildman–Crippen LogP) is 0.214. The molecule has 3 unspecified atom stereocenters. The van der Waals surface area contributed by atoms with Crippen LogP contribution in [0.5, 0.6) is 0 Å². The lowest BCUT2D eigenvalue weighted by atomic mass is 9.95. The Morgan fingerprint density at radius 3 is 2.87 bits per heavy atom. The quantitative estimate of drug-likeness (QED) is 0.706. The number of aliphatic hydroxyl groups excluding tert-OH is 1. The largest absolute Gasteiger partial charge is 0.392 e. The normalized spacial score (nSPS) is 29.9. The molecule has 4 nitrogen and oxygen atoms in total. The average molecular weight is 214 g/mol. The molecule has 1 aliphatic rings. The van der Waals surface area contributed by atoms with Crippen molar-refractivity contribution in [3.05, 3.63) is 0 Å². The molecule has 1 saturated heterocycles. The molecular weight excluding hydrogens is 192 g/mol. The second-order valence-corrected chi connectivity index (χ2v) is 4.40. The molecule has 1 aliphatic heterocycles. The van der Waals surface area contributed by atoms with E-state index in [1.54, 1.807) is 0 Å². The number of carbonyl (C=O) groups is 1. The van der Waals surface area contributed by atoms with Gasteiger partial charge in [0.05, 0.1) is 12.1 Å². The van der Waals surface area contributed by atoms with E-state index in [2.05, 4.69) is 17.1 Å². The van der Waals surface area contributed by atoms with Crippen LogP contribution in [-0.2, 0) is 4.79 Å². The van der Waals surface area contributed by atoms with Crippen LogP contribution in [0.3, 0.4) is 0 Å². The lowest BCUT2D eigenvalue weighted by Crippen LogP contribution is -2.52. The Balaban J connectivity index is 2.46. The number of likely N-dealkylation sites (tertiary alicyclic amines) is 1. The van der Waals surface area contributed by atoms with Crippen LogP contribution < -0.4 is 5.32 Å². The van der Waals surface area contributed by atoms with Crippen LogP contribution in [0, 0.1) is 5.92 Å². The SMILES string of the molecule is CCNC(=O)C(C)N1CCC(C)C(O)C1. The molecule has 0 aliphatic carbocycles. The fourth-order valence-corrected chi connectivity index (χ4v) is 1.91. The zero-order valence-electron chi connectivity index (χ0n) is 9.86. The van der Waals surface area contributed by atoms with Crippen molar-refractivity contribution in [3.8, 4) is 0 Å². The number of amides is 1. The number of carbonyl (C=O) groups excluding carboxylic acids is 1. The molecule has 0 aromatic carbocycles. The molecule has 0 saturated carbocycles. The summed E-state index contributed by atoms with van der Waals surface area (Å²) in [5.74, 6) is 0.405. The highest BCUT2D eigenvalue weighted by Gasteiger charge is 2.29. The van der Waals surface area contributed by atoms with Crippen molar-refractivity contribution >= 4 is 5.91 Å². The molecule has 88 valence electrons. The lowest BCUT2D eigenvalue weighted by molar-refractivity contribution is -0.127. The van der Waals surface area contributed by atoms with E-state index in [1.807, 2.05) is 13.8 Å². The molecule has 0 bridgehead atoms. The zero-order chi connectivity index (χ0) is 11.4. The van der Waals surface area contributed by atoms with Crippen molar-refractivity contribution in [3.63, 3.8) is 0 Å². The van der Waals surface area contributed by atoms with Crippen molar-refractivity contribution in [1.82, 2.24) is 10.2 Å². The number of nitrogens with one attached hydrogen (secondary N) is 1. The first-order valence-electron chi connectivity index (χ1n) is 5.76. The number of hydrogen-bond donors (Lipinski definition) is 2. The summed E-state index contributed by atoms with van der Waals surface area (Å²) in [6.45, 7) is 8.04. The Morgan fingerprint density at radius 1 is 1.67 bits per heavy atom. The van der Waals surface area contributed by atoms with E-state index in [4.69, 9.17) is 0 Å². The number of β-amino-alcohol motifs (C(OH)–C–C–N with tert-alkyl or cyclic N) is 1. The average Bonchev–Trinajstić information content (AvgIpc) is 2.21. The minimum atomic E-state index is -0.296. The third-order valence-corrected chi connectivity index (χ3v) is 3.23. The van der Waals surface area contributed by atoms with Crippen molar-refractivity contribution in [2.24, 2.45) is 5.92 Å². The van der Waals surface area contributed by atoms with Crippen molar-refractivity contribution in [2.75, 3.05) is 19.6 Å². The van der Waals surface area contributed by atoms with Gasteiger partial charge < -0.3 is 10.4 Å². The molecule has 0 radical (unpaired) electrons. The first kappa shape index (κ1) is 12.5. The number of likely N-dealkylation sites (N-methyl/N-ethyl adjacent to an activating group) is 1. The molecule has 1 amide bonds. The van der Waals surface area contributed by atoms with Gasteiger partial charge in [0, 0.05) is 13.1 Å². The van der Waals surface area contributed by atoms with E-state index in [0.29, 0.717) is 19.0 Å². The number of rotatable bonds is 3. The van der Waals surface area contributed by atoms with Gasteiger partial charge in [-0.25, -0.2) is 0 Å². The van der Waals surface area contributed by atoms with Crippen LogP contribution in [-0.4, -0.2) is 47.7 Å². The third-order valence-electron chi connectivity index (χ3n) is 3.23. The van der Waals surface area contributed by atoms with Gasteiger partial charge in [0.15, 0.2) is 0 Å². The Labute approximate surface area is 91.6 Å². The number of piperidine rings is 1. The van der Waals surface area contributed by atoms with E-state index < -0.39 is 0 Å². The van der Waals surface area contributed by atoms with Crippen LogP contribution in [0.2, 0.25) is 0 Å². The standard InChI is InChI=1S/C11H22N2O2/c1-4-12-11(15)9(3)13-6-5-8(2)10(14)7-13/h8-10,14H,4-7H2,1-3H3,(H,12,15). The van der Waals surface area contributed by atoms with E-state index in [-0.39, 0.29) is 18.1 Å². The number of aliphatic hydroxyl groups is 1. The zero-order valence-corrected chi connectivity index (χ0v) is 9.86. The molecule has 2 N–H and O–H groups in total. The Bertz CT molecular complexity index is 221. The van der Waals surface area contributed by atoms with Gasteiger partial charge in [-0.15, -0.1) is 0 Å². The van der Waals surface area contributed by atoms with E-state index in [0.717, 1.165) is 13.0 Å². The topological polar surface area (TPSA) is 52.6 Å². The van der Waals surface area contributed by atoms with Crippen LogP contribution in [0.4, 0.5) is 0 Å². The summed E-state index contributed by atoms with van der Waals surface area (Å²) in [5.41, 5.74) is 0. The summed E-state index contributed by atoms with van der Waals surface area (Å²) in [4.78, 5) is 13.6. The summed E-state index contributed by atoms with van der Waals surface area (Å²) in [5, 5.41) is 12.5. The molecule has 15 heavy (non-hydrogen) atoms. The fraction of sp³-hybridized carbons (Fsp3) is 0.909. The van der Waals surface area contributed by atoms with Crippen LogP contribution in [0.25, 0.3) is 0 Å². The Morgan fingerprint density at radius 2 is 2.33 bits per heavy atom. The maximum absolute atomic E-state index is 11.6. The van der Waals surface area contributed by atoms with Crippen LogP contribution >= 0.6 is 0 Å². The maximum atomic E-state index is 11.6. The van der Waals surface area contributed by atoms with E-state index in [1.165, 1.54) is 0 Å². The molecule has 1 rings (SSSR count). The third kappa shape index (κ3) is 3.18. The van der Waals surface area contributed by atoms with Crippen molar-refractivity contribution in [1.29, 1.82) is 0 Å². The molecule has 3 atom stereocenters. The second kappa shape index (κ2) is 5.47. The summed E-state index contributed by atoms with van der Waals surface area (Å²) >= 11 is 0. The van der Waals surface area contributed by atoms with Gasteiger partial charge in [0.25, 0.3) is 0 Å². The first-order valence-corrected chi connectivity index (χ1v) is 5.76. The highest BCUT2D eigenvalue weighted by Crippen LogP contribution is 2.18. The molecule has 0 aromatic heterocycles. The van der Waals surface area contributed by atoms with Gasteiger partial charge in [-0.2, -0.15) is 0 Å². The van der Waals surface area contributed by atoms with Gasteiger partial charge in [-0.3, -0.25) is 9.69 Å². The van der Waals surface area contributed by atoms with Crippen LogP contribution in [0.1, 0.15) is 27.2 Å². The van der Waals surface area contributed by atoms with Gasteiger partial charge >= 0.3 is 0 Å². The highest BCUT2D eigenvalue weighted by molar-refractivity contribution is 5.81. The number of nitrogens with zero attached hydrogens (tertiary/aromatic N) is 1. The summed E-state index contributed by atoms with van der Waals surface area (Å²) in [6, 6.07) is -0.132. The van der Waals surface area contributed by atoms with Gasteiger partial charge in [0.1, 0.15) is 0 Å². The van der Waals surface area contributed by atoms with Gasteiger partial charge in [0.2, 0.25) is 5.91 Å². The summed E-state index contributed by atoms with van der Waals surface area (Å²) in [6.07, 6.45) is 0.667. The summed E-state index contributed by atoms with van der Waals surface area (Å²) in [7, 11) is 0. The molecule has 1 heterocycles. The Kier molecular flexibility index (Phi) is 4.54. The first-order chi connectivity index (χ1) is 7.06. The van der Waals surface area contributed by atoms with E-state index >= 15 is 0 Å².